The fourth-order valence-corrected chi connectivity index (χ4v) is 4.78. The van der Waals surface area contributed by atoms with Crippen LogP contribution in [-0.4, -0.2) is 75.3 Å². The number of nitrogens with zero attached hydrogens (tertiary/aromatic N) is 3. The molecule has 0 aliphatic carbocycles. The van der Waals surface area contributed by atoms with Gasteiger partial charge in [0.15, 0.2) is 5.96 Å². The van der Waals surface area contributed by atoms with Crippen LogP contribution < -0.4 is 10.6 Å². The van der Waals surface area contributed by atoms with Crippen LogP contribution in [0, 0.1) is 6.92 Å². The quantitative estimate of drug-likeness (QED) is 0.487. The molecule has 1 aromatic heterocycles. The summed E-state index contributed by atoms with van der Waals surface area (Å²) in [6.45, 7) is 9.41. The number of benzene rings is 1. The third kappa shape index (κ3) is 5.91. The van der Waals surface area contributed by atoms with E-state index in [0.29, 0.717) is 0 Å². The summed E-state index contributed by atoms with van der Waals surface area (Å²) in [5.74, 6) is 1.84. The van der Waals surface area contributed by atoms with Gasteiger partial charge in [-0.1, -0.05) is 29.8 Å². The van der Waals surface area contributed by atoms with Crippen molar-refractivity contribution in [2.24, 2.45) is 4.99 Å². The van der Waals surface area contributed by atoms with Gasteiger partial charge in [-0.15, -0.1) is 0 Å². The zero-order valence-electron chi connectivity index (χ0n) is 19.4. The number of rotatable bonds is 8. The Morgan fingerprint density at radius 3 is 2.34 bits per heavy atom. The average Bonchev–Trinajstić information content (AvgIpc) is 3.54. The molecule has 174 valence electrons. The van der Waals surface area contributed by atoms with Crippen molar-refractivity contribution in [2.75, 3.05) is 59.5 Å². The minimum Gasteiger partial charge on any atom is -0.468 e. The lowest BCUT2D eigenvalue weighted by atomic mass is 10.0. The lowest BCUT2D eigenvalue weighted by Gasteiger charge is -2.35. The van der Waals surface area contributed by atoms with Crippen molar-refractivity contribution in [1.29, 1.82) is 0 Å². The number of aryl methyl sites for hydroxylation is 1. The molecular formula is C25H37N5O2. The number of hydrogen-bond donors (Lipinski definition) is 2. The lowest BCUT2D eigenvalue weighted by Crippen LogP contribution is -2.47. The summed E-state index contributed by atoms with van der Waals surface area (Å²) < 4.78 is 11.4. The number of hydrogen-bond acceptors (Lipinski definition) is 5. The zero-order valence-corrected chi connectivity index (χ0v) is 19.4. The highest BCUT2D eigenvalue weighted by Gasteiger charge is 2.26. The van der Waals surface area contributed by atoms with Gasteiger partial charge in [0.25, 0.3) is 0 Å². The van der Waals surface area contributed by atoms with E-state index in [1.807, 2.05) is 13.1 Å². The molecule has 0 saturated carbocycles. The van der Waals surface area contributed by atoms with E-state index in [1.54, 1.807) is 6.26 Å². The van der Waals surface area contributed by atoms with E-state index in [-0.39, 0.29) is 12.1 Å². The van der Waals surface area contributed by atoms with Gasteiger partial charge in [-0.05, 0) is 50.6 Å². The molecule has 0 amide bonds. The molecule has 7 nitrogen and oxygen atoms in total. The first-order valence-corrected chi connectivity index (χ1v) is 11.8. The predicted octanol–water partition coefficient (Wildman–Crippen LogP) is 2.96. The van der Waals surface area contributed by atoms with Crippen LogP contribution in [0.1, 0.15) is 41.8 Å². The van der Waals surface area contributed by atoms with Crippen molar-refractivity contribution in [3.8, 4) is 0 Å². The molecule has 4 rings (SSSR count). The maximum Gasteiger partial charge on any atom is 0.191 e. The Balaban J connectivity index is 1.40. The van der Waals surface area contributed by atoms with E-state index in [1.165, 1.54) is 24.0 Å². The van der Waals surface area contributed by atoms with Crippen LogP contribution in [0.25, 0.3) is 0 Å². The summed E-state index contributed by atoms with van der Waals surface area (Å²) in [6.07, 6.45) is 4.27. The molecule has 2 unspecified atom stereocenters. The second kappa shape index (κ2) is 11.5. The predicted molar refractivity (Wildman–Crippen MR) is 128 cm³/mol. The van der Waals surface area contributed by atoms with Crippen molar-refractivity contribution in [3.63, 3.8) is 0 Å². The molecule has 3 heterocycles. The SMILES string of the molecule is CN=C(NCC(c1cccc(C)c1)N1CCOCC1)NCC(c1ccco1)N1CCCC1. The molecule has 1 aromatic carbocycles. The molecule has 0 bridgehead atoms. The van der Waals surface area contributed by atoms with Crippen LogP contribution in [0.5, 0.6) is 0 Å². The molecule has 2 aliphatic rings. The van der Waals surface area contributed by atoms with Crippen molar-refractivity contribution in [1.82, 2.24) is 20.4 Å². The minimum atomic E-state index is 0.220. The van der Waals surface area contributed by atoms with E-state index < -0.39 is 0 Å². The van der Waals surface area contributed by atoms with Crippen LogP contribution in [-0.2, 0) is 4.74 Å². The first-order valence-electron chi connectivity index (χ1n) is 11.8. The zero-order chi connectivity index (χ0) is 22.2. The number of nitrogens with one attached hydrogen (secondary N) is 2. The third-order valence-electron chi connectivity index (χ3n) is 6.52. The van der Waals surface area contributed by atoms with Crippen LogP contribution in [0.15, 0.2) is 52.1 Å². The highest BCUT2D eigenvalue weighted by atomic mass is 16.5. The monoisotopic (exact) mass is 439 g/mol. The fraction of sp³-hybridized carbons (Fsp3) is 0.560. The summed E-state index contributed by atoms with van der Waals surface area (Å²) in [7, 11) is 1.84. The number of morpholine rings is 1. The Bertz CT molecular complexity index is 842. The molecule has 2 aromatic rings. The summed E-state index contributed by atoms with van der Waals surface area (Å²) in [5.41, 5.74) is 2.62. The summed E-state index contributed by atoms with van der Waals surface area (Å²) in [6, 6.07) is 13.4. The Hall–Kier alpha value is -2.35. The van der Waals surface area contributed by atoms with Gasteiger partial charge in [-0.25, -0.2) is 0 Å². The molecule has 2 N–H and O–H groups in total. The molecule has 2 fully saturated rings. The highest BCUT2D eigenvalue weighted by molar-refractivity contribution is 5.79. The number of furan rings is 1. The van der Waals surface area contributed by atoms with E-state index in [2.05, 4.69) is 62.7 Å². The van der Waals surface area contributed by atoms with Gasteiger partial charge in [-0.2, -0.15) is 0 Å². The summed E-state index contributed by atoms with van der Waals surface area (Å²) in [4.78, 5) is 9.51. The van der Waals surface area contributed by atoms with E-state index in [9.17, 15) is 0 Å². The van der Waals surface area contributed by atoms with Crippen LogP contribution in [0.2, 0.25) is 0 Å². The molecule has 7 heteroatoms. The molecule has 2 saturated heterocycles. The van der Waals surface area contributed by atoms with E-state index >= 15 is 0 Å². The fourth-order valence-electron chi connectivity index (χ4n) is 4.78. The molecule has 2 atom stereocenters. The first-order chi connectivity index (χ1) is 15.7. The lowest BCUT2D eigenvalue weighted by molar-refractivity contribution is 0.0170. The van der Waals surface area contributed by atoms with Gasteiger partial charge in [-0.3, -0.25) is 14.8 Å². The average molecular weight is 440 g/mol. The number of guanidine groups is 1. The molecule has 32 heavy (non-hydrogen) atoms. The van der Waals surface area contributed by atoms with Gasteiger partial charge < -0.3 is 19.8 Å². The van der Waals surface area contributed by atoms with E-state index in [4.69, 9.17) is 9.15 Å². The van der Waals surface area contributed by atoms with E-state index in [0.717, 1.165) is 64.2 Å². The van der Waals surface area contributed by atoms with Crippen LogP contribution in [0.3, 0.4) is 0 Å². The number of aliphatic imine (C=N–C) groups is 1. The smallest absolute Gasteiger partial charge is 0.191 e. The van der Waals surface area contributed by atoms with Crippen molar-refractivity contribution in [2.45, 2.75) is 31.8 Å². The Labute approximate surface area is 191 Å². The van der Waals surface area contributed by atoms with Crippen LogP contribution in [0.4, 0.5) is 0 Å². The third-order valence-corrected chi connectivity index (χ3v) is 6.52. The van der Waals surface area contributed by atoms with Gasteiger partial charge in [0.2, 0.25) is 0 Å². The number of likely N-dealkylation sites (tertiary alicyclic amines) is 1. The van der Waals surface area contributed by atoms with Gasteiger partial charge in [0.05, 0.1) is 31.6 Å². The Kier molecular flexibility index (Phi) is 8.20. The van der Waals surface area contributed by atoms with Gasteiger partial charge in [0, 0.05) is 33.2 Å². The highest BCUT2D eigenvalue weighted by Crippen LogP contribution is 2.25. The van der Waals surface area contributed by atoms with Crippen molar-refractivity contribution in [3.05, 3.63) is 59.5 Å². The first kappa shape index (κ1) is 22.8. The van der Waals surface area contributed by atoms with Crippen LogP contribution >= 0.6 is 0 Å². The molecular weight excluding hydrogens is 402 g/mol. The van der Waals surface area contributed by atoms with Crippen molar-refractivity contribution >= 4 is 5.96 Å². The summed E-state index contributed by atoms with van der Waals surface area (Å²) in [5, 5.41) is 7.13. The Morgan fingerprint density at radius 1 is 0.969 bits per heavy atom. The van der Waals surface area contributed by atoms with Gasteiger partial charge in [0.1, 0.15) is 5.76 Å². The second-order valence-corrected chi connectivity index (χ2v) is 8.69. The Morgan fingerprint density at radius 2 is 1.69 bits per heavy atom. The maximum atomic E-state index is 5.76. The largest absolute Gasteiger partial charge is 0.468 e. The van der Waals surface area contributed by atoms with Gasteiger partial charge >= 0.3 is 0 Å². The molecule has 0 radical (unpaired) electrons. The topological polar surface area (TPSA) is 65.3 Å². The van der Waals surface area contributed by atoms with Crippen molar-refractivity contribution < 1.29 is 9.15 Å². The normalized spacial score (nSPS) is 20.2. The standard InChI is InChI=1S/C25H37N5O2/c1-20-7-5-8-21(17-20)22(30-12-15-31-16-13-30)18-27-25(26-2)28-19-23(24-9-6-14-32-24)29-10-3-4-11-29/h5-9,14,17,22-23H,3-4,10-13,15-16,18-19H2,1-2H3,(H2,26,27,28). The number of ether oxygens (including phenoxy) is 1. The summed E-state index contributed by atoms with van der Waals surface area (Å²) >= 11 is 0. The molecule has 0 spiro atoms. The molecule has 2 aliphatic heterocycles. The minimum absolute atomic E-state index is 0.220. The maximum absolute atomic E-state index is 5.76. The second-order valence-electron chi connectivity index (χ2n) is 8.69.